The van der Waals surface area contributed by atoms with Gasteiger partial charge in [-0.3, -0.25) is 0 Å². The normalized spacial score (nSPS) is 11.7. The first-order chi connectivity index (χ1) is 49.3. The predicted molar refractivity (Wildman–Crippen MR) is 391 cm³/mol. The minimum atomic E-state index is -4.50. The van der Waals surface area contributed by atoms with Crippen molar-refractivity contribution >= 4 is 77.0 Å². The fourth-order valence-electron chi connectivity index (χ4n) is 13.0. The standard InChI is InChI=1S/C42H26F3N5.C21H14ClN3.C21H13F3N2/c43-42(44,45)34-19-8-10-21-37(34)49-25-24-33-35(49)23-22-32-31-18-7-9-20-36(31)50(38(32)33)30-17-11-16-29(26-30)41-47-39(27-12-3-1-4-13-27)46-40(48-41)28-14-5-2-6-15-28;22-18-13-7-12-17(14-18)21-24-19(15-8-3-1-4-9-15)23-20(25-21)16-10-5-2-6-11-16;22-21(23,24)16-6-2-4-8-19(16)26-12-11-15-18(26)10-9-14-13-5-1-3-7-17(13)25-20(14)15/h1-26H;1-14H;1-12,25H. The molecule has 0 atom stereocenters. The highest BCUT2D eigenvalue weighted by molar-refractivity contribution is 6.30. The zero-order chi connectivity index (χ0) is 68.8. The van der Waals surface area contributed by atoms with Crippen LogP contribution < -0.4 is 0 Å². The van der Waals surface area contributed by atoms with Crippen LogP contribution in [0.25, 0.3) is 151 Å². The summed E-state index contributed by atoms with van der Waals surface area (Å²) in [5.74, 6) is 3.56. The van der Waals surface area contributed by atoms with Crippen molar-refractivity contribution in [2.45, 2.75) is 12.4 Å². The second-order valence-electron chi connectivity index (χ2n) is 23.9. The molecule has 6 heterocycles. The molecule has 101 heavy (non-hydrogen) atoms. The topological polar surface area (TPSA) is 108 Å². The third-order valence-electron chi connectivity index (χ3n) is 17.6. The van der Waals surface area contributed by atoms with E-state index in [4.69, 9.17) is 26.6 Å². The number of benzene rings is 12. The Hall–Kier alpha value is -12.8. The van der Waals surface area contributed by atoms with Crippen LogP contribution in [0.2, 0.25) is 5.02 Å². The zero-order valence-corrected chi connectivity index (χ0v) is 53.9. The fourth-order valence-corrected chi connectivity index (χ4v) is 13.2. The number of alkyl halides is 6. The first-order valence-corrected chi connectivity index (χ1v) is 32.6. The second-order valence-corrected chi connectivity index (χ2v) is 24.3. The van der Waals surface area contributed by atoms with Gasteiger partial charge in [0.25, 0.3) is 0 Å². The number of nitrogens with zero attached hydrogens (tertiary/aromatic N) is 9. The van der Waals surface area contributed by atoms with Crippen LogP contribution in [0, 0.1) is 0 Å². The molecule has 10 nitrogen and oxygen atoms in total. The van der Waals surface area contributed by atoms with Gasteiger partial charge in [-0.2, -0.15) is 26.3 Å². The minimum Gasteiger partial charge on any atom is -0.354 e. The number of fused-ring (bicyclic) bond motifs is 10. The maximum Gasteiger partial charge on any atom is 0.418 e. The van der Waals surface area contributed by atoms with Crippen molar-refractivity contribution in [2.24, 2.45) is 0 Å². The Bertz CT molecular complexity index is 5970. The molecule has 18 aromatic rings. The van der Waals surface area contributed by atoms with Gasteiger partial charge in [-0.15, -0.1) is 0 Å². The van der Waals surface area contributed by atoms with Crippen molar-refractivity contribution in [3.63, 3.8) is 0 Å². The Labute approximate surface area is 578 Å². The molecule has 0 amide bonds. The van der Waals surface area contributed by atoms with E-state index in [-0.39, 0.29) is 11.4 Å². The maximum absolute atomic E-state index is 14.1. The van der Waals surface area contributed by atoms with Gasteiger partial charge in [0.15, 0.2) is 34.9 Å². The Balaban J connectivity index is 0.000000130. The summed E-state index contributed by atoms with van der Waals surface area (Å²) in [5, 5.41) is 6.59. The highest BCUT2D eigenvalue weighted by atomic mass is 35.5. The molecule has 0 bridgehead atoms. The third kappa shape index (κ3) is 12.3. The summed E-state index contributed by atoms with van der Waals surface area (Å²) in [5.41, 5.74) is 10.3. The van der Waals surface area contributed by atoms with E-state index in [9.17, 15) is 26.3 Å². The van der Waals surface area contributed by atoms with Gasteiger partial charge in [-0.05, 0) is 84.9 Å². The van der Waals surface area contributed by atoms with Crippen LogP contribution in [-0.2, 0) is 12.4 Å². The van der Waals surface area contributed by atoms with Crippen molar-refractivity contribution in [1.29, 1.82) is 0 Å². The van der Waals surface area contributed by atoms with E-state index in [1.807, 2.05) is 237 Å². The monoisotopic (exact) mass is 1350 g/mol. The molecular formula is C84H53ClF6N10. The summed E-state index contributed by atoms with van der Waals surface area (Å²) in [6.07, 6.45) is -5.49. The third-order valence-corrected chi connectivity index (χ3v) is 17.9. The molecule has 0 fully saturated rings. The van der Waals surface area contributed by atoms with E-state index in [1.165, 1.54) is 24.3 Å². The maximum atomic E-state index is 14.1. The SMILES string of the molecule is Clc1cccc(-c2nc(-c3ccccc3)nc(-c3ccccc3)n2)c1.FC(F)(F)c1ccccc1-n1ccc2c1ccc1c3ccccc3n(-c3cccc(-c4nc(-c5ccccc5)nc(-c5ccccc5)n4)c3)c12.FC(F)(F)c1ccccc1-n1ccc2c3[nH]c4ccccc4c3ccc21. The number of nitrogens with one attached hydrogen (secondary N) is 1. The summed E-state index contributed by atoms with van der Waals surface area (Å²) < 4.78 is 88.0. The van der Waals surface area contributed by atoms with E-state index in [1.54, 1.807) is 33.7 Å². The van der Waals surface area contributed by atoms with E-state index in [0.29, 0.717) is 45.5 Å². The first-order valence-electron chi connectivity index (χ1n) is 32.2. The fraction of sp³-hybridized carbons (Fsp3) is 0.0238. The summed E-state index contributed by atoms with van der Waals surface area (Å²) in [6, 6.07) is 94.0. The van der Waals surface area contributed by atoms with Crippen molar-refractivity contribution in [2.75, 3.05) is 0 Å². The van der Waals surface area contributed by atoms with Crippen LogP contribution >= 0.6 is 11.6 Å². The van der Waals surface area contributed by atoms with Crippen LogP contribution in [0.1, 0.15) is 11.1 Å². The van der Waals surface area contributed by atoms with Gasteiger partial charge < -0.3 is 18.7 Å². The molecule has 17 heteroatoms. The first kappa shape index (κ1) is 63.0. The lowest BCUT2D eigenvalue weighted by Crippen LogP contribution is -2.10. The van der Waals surface area contributed by atoms with E-state index in [2.05, 4.69) is 42.7 Å². The Morgan fingerprint density at radius 2 is 0.693 bits per heavy atom. The van der Waals surface area contributed by atoms with Crippen molar-refractivity contribution in [3.8, 4) is 85.4 Å². The molecule has 0 unspecified atom stereocenters. The molecule has 488 valence electrons. The van der Waals surface area contributed by atoms with Gasteiger partial charge >= 0.3 is 12.4 Å². The molecule has 0 aliphatic heterocycles. The summed E-state index contributed by atoms with van der Waals surface area (Å²) in [7, 11) is 0. The molecule has 6 aromatic heterocycles. The van der Waals surface area contributed by atoms with Crippen LogP contribution in [0.3, 0.4) is 0 Å². The summed E-state index contributed by atoms with van der Waals surface area (Å²) >= 11 is 6.14. The highest BCUT2D eigenvalue weighted by Crippen LogP contribution is 2.42. The molecule has 0 radical (unpaired) electrons. The molecule has 12 aromatic carbocycles. The lowest BCUT2D eigenvalue weighted by atomic mass is 10.1. The number of H-pyrrole nitrogens is 1. The number of aromatic amines is 1. The number of halogens is 7. The molecule has 0 aliphatic rings. The van der Waals surface area contributed by atoms with E-state index >= 15 is 0 Å². The molecule has 1 N–H and O–H groups in total. The van der Waals surface area contributed by atoms with E-state index in [0.717, 1.165) is 111 Å². The number of rotatable bonds is 9. The van der Waals surface area contributed by atoms with Gasteiger partial charge in [-0.25, -0.2) is 29.9 Å². The second kappa shape index (κ2) is 26.2. The summed E-state index contributed by atoms with van der Waals surface area (Å²) in [4.78, 5) is 32.1. The zero-order valence-electron chi connectivity index (χ0n) is 53.2. The van der Waals surface area contributed by atoms with Crippen LogP contribution in [0.5, 0.6) is 0 Å². The molecule has 0 saturated heterocycles. The van der Waals surface area contributed by atoms with E-state index < -0.39 is 23.5 Å². The summed E-state index contributed by atoms with van der Waals surface area (Å²) in [6.45, 7) is 0. The number of para-hydroxylation sites is 4. The van der Waals surface area contributed by atoms with Crippen molar-refractivity contribution < 1.29 is 26.3 Å². The van der Waals surface area contributed by atoms with Gasteiger partial charge in [0.05, 0.1) is 50.1 Å². The lowest BCUT2D eigenvalue weighted by Gasteiger charge is -2.15. The molecule has 18 rings (SSSR count). The molecule has 0 saturated carbocycles. The van der Waals surface area contributed by atoms with Crippen LogP contribution in [-0.4, -0.2) is 48.6 Å². The molecular weight excluding hydrogens is 1300 g/mol. The molecule has 0 spiro atoms. The van der Waals surface area contributed by atoms with Gasteiger partial charge in [-0.1, -0.05) is 230 Å². The quantitative estimate of drug-likeness (QED) is 0.144. The number of aromatic nitrogens is 10. The largest absolute Gasteiger partial charge is 0.418 e. The number of hydrogen-bond acceptors (Lipinski definition) is 6. The Kier molecular flexibility index (Phi) is 16.4. The van der Waals surface area contributed by atoms with Gasteiger partial charge in [0, 0.05) is 94.3 Å². The van der Waals surface area contributed by atoms with Gasteiger partial charge in [0.2, 0.25) is 0 Å². The minimum absolute atomic E-state index is 0.0808. The van der Waals surface area contributed by atoms with Crippen molar-refractivity contribution in [1.82, 2.24) is 48.6 Å². The van der Waals surface area contributed by atoms with Crippen LogP contribution in [0.15, 0.2) is 316 Å². The Morgan fingerprint density at radius 1 is 0.297 bits per heavy atom. The Morgan fingerprint density at radius 3 is 1.20 bits per heavy atom. The van der Waals surface area contributed by atoms with Crippen LogP contribution in [0.4, 0.5) is 26.3 Å². The molecule has 0 aliphatic carbocycles. The highest BCUT2D eigenvalue weighted by Gasteiger charge is 2.35. The average Bonchev–Trinajstić information content (AvgIpc) is 1.57. The number of hydrogen-bond donors (Lipinski definition) is 1. The van der Waals surface area contributed by atoms with Crippen molar-refractivity contribution in [3.05, 3.63) is 332 Å². The predicted octanol–water partition coefficient (Wildman–Crippen LogP) is 22.7. The average molecular weight is 1350 g/mol. The lowest BCUT2D eigenvalue weighted by molar-refractivity contribution is -0.138. The smallest absolute Gasteiger partial charge is 0.354 e. The van der Waals surface area contributed by atoms with Gasteiger partial charge in [0.1, 0.15) is 0 Å².